The van der Waals surface area contributed by atoms with Crippen LogP contribution in [-0.2, 0) is 0 Å². The number of furan rings is 1. The maximum atomic E-state index is 6.10. The largest absolute Gasteiger partial charge is 0.467 e. The van der Waals surface area contributed by atoms with Gasteiger partial charge in [-0.15, -0.1) is 0 Å². The maximum absolute atomic E-state index is 6.10. The van der Waals surface area contributed by atoms with Crippen molar-refractivity contribution in [3.63, 3.8) is 0 Å². The summed E-state index contributed by atoms with van der Waals surface area (Å²) in [6.07, 6.45) is 1.61. The molecule has 2 nitrogen and oxygen atoms in total. The predicted molar refractivity (Wildman–Crippen MR) is 65.9 cm³/mol. The van der Waals surface area contributed by atoms with Crippen molar-refractivity contribution in [2.75, 3.05) is 0 Å². The summed E-state index contributed by atoms with van der Waals surface area (Å²) in [6, 6.07) is 6.88. The molecule has 1 aromatic carbocycles. The highest BCUT2D eigenvalue weighted by molar-refractivity contribution is 6.42. The van der Waals surface area contributed by atoms with E-state index < -0.39 is 0 Å². The Kier molecular flexibility index (Phi) is 3.24. The fraction of sp³-hybridized carbons (Fsp3) is 0.167. The van der Waals surface area contributed by atoms with Crippen LogP contribution >= 0.6 is 23.2 Å². The zero-order valence-corrected chi connectivity index (χ0v) is 10.2. The van der Waals surface area contributed by atoms with Gasteiger partial charge in [0.2, 0.25) is 0 Å². The molecule has 84 valence electrons. The Labute approximate surface area is 104 Å². The Bertz CT molecular complexity index is 507. The topological polar surface area (TPSA) is 39.2 Å². The lowest BCUT2D eigenvalue weighted by Gasteiger charge is -2.13. The van der Waals surface area contributed by atoms with Crippen molar-refractivity contribution < 1.29 is 4.42 Å². The molecule has 1 atom stereocenters. The van der Waals surface area contributed by atoms with Crippen molar-refractivity contribution in [2.24, 2.45) is 5.73 Å². The normalized spacial score (nSPS) is 12.8. The van der Waals surface area contributed by atoms with E-state index in [0.717, 1.165) is 11.1 Å². The van der Waals surface area contributed by atoms with Crippen LogP contribution in [0.1, 0.15) is 22.9 Å². The summed E-state index contributed by atoms with van der Waals surface area (Å²) in [7, 11) is 0. The summed E-state index contributed by atoms with van der Waals surface area (Å²) in [4.78, 5) is 0. The number of nitrogens with two attached hydrogens (primary N) is 1. The van der Waals surface area contributed by atoms with Gasteiger partial charge in [0.25, 0.3) is 0 Å². The van der Waals surface area contributed by atoms with Crippen LogP contribution in [0.5, 0.6) is 0 Å². The van der Waals surface area contributed by atoms with Crippen molar-refractivity contribution in [2.45, 2.75) is 13.0 Å². The van der Waals surface area contributed by atoms with Crippen molar-refractivity contribution in [1.82, 2.24) is 0 Å². The van der Waals surface area contributed by atoms with Crippen LogP contribution in [0.2, 0.25) is 10.0 Å². The van der Waals surface area contributed by atoms with E-state index in [1.54, 1.807) is 12.3 Å². The van der Waals surface area contributed by atoms with E-state index in [-0.39, 0.29) is 6.04 Å². The summed E-state index contributed by atoms with van der Waals surface area (Å²) in [5.74, 6) is 0.712. The molecule has 0 bridgehead atoms. The van der Waals surface area contributed by atoms with Crippen molar-refractivity contribution in [3.05, 3.63) is 57.5 Å². The Morgan fingerprint density at radius 3 is 2.62 bits per heavy atom. The van der Waals surface area contributed by atoms with Gasteiger partial charge in [-0.1, -0.05) is 35.3 Å². The van der Waals surface area contributed by atoms with E-state index in [9.17, 15) is 0 Å². The zero-order valence-electron chi connectivity index (χ0n) is 8.71. The van der Waals surface area contributed by atoms with Gasteiger partial charge in [0, 0.05) is 0 Å². The third kappa shape index (κ3) is 1.96. The summed E-state index contributed by atoms with van der Waals surface area (Å²) in [5, 5.41) is 0.978. The second-order valence-corrected chi connectivity index (χ2v) is 4.37. The van der Waals surface area contributed by atoms with Crippen LogP contribution in [0.15, 0.2) is 34.9 Å². The molecular weight excluding hydrogens is 245 g/mol. The molecule has 16 heavy (non-hydrogen) atoms. The molecule has 2 aromatic rings. The minimum atomic E-state index is -0.388. The lowest BCUT2D eigenvalue weighted by Crippen LogP contribution is -2.12. The lowest BCUT2D eigenvalue weighted by atomic mass is 10.0. The number of rotatable bonds is 2. The fourth-order valence-corrected chi connectivity index (χ4v) is 2.03. The van der Waals surface area contributed by atoms with Gasteiger partial charge >= 0.3 is 0 Å². The molecule has 4 heteroatoms. The molecule has 0 aliphatic carbocycles. The van der Waals surface area contributed by atoms with E-state index in [4.69, 9.17) is 33.4 Å². The Hall–Kier alpha value is -0.960. The van der Waals surface area contributed by atoms with Gasteiger partial charge in [-0.25, -0.2) is 0 Å². The van der Waals surface area contributed by atoms with Crippen LogP contribution in [0, 0.1) is 6.92 Å². The van der Waals surface area contributed by atoms with E-state index in [1.165, 1.54) is 0 Å². The molecule has 0 aliphatic heterocycles. The average molecular weight is 256 g/mol. The standard InChI is InChI=1S/C12H11Cl2NO/c1-7-5-6-16-12(7)11(15)8-3-2-4-9(13)10(8)14/h2-6,11H,15H2,1H3. The minimum absolute atomic E-state index is 0.388. The Morgan fingerprint density at radius 2 is 2.00 bits per heavy atom. The summed E-state index contributed by atoms with van der Waals surface area (Å²) in [5.41, 5.74) is 7.87. The number of benzene rings is 1. The van der Waals surface area contributed by atoms with E-state index >= 15 is 0 Å². The SMILES string of the molecule is Cc1ccoc1C(N)c1cccc(Cl)c1Cl. The van der Waals surface area contributed by atoms with E-state index in [2.05, 4.69) is 0 Å². The molecule has 0 aliphatic rings. The molecule has 1 heterocycles. The van der Waals surface area contributed by atoms with Gasteiger partial charge in [0.15, 0.2) is 0 Å². The first-order valence-corrected chi connectivity index (χ1v) is 5.60. The van der Waals surface area contributed by atoms with Gasteiger partial charge in [-0.05, 0) is 30.2 Å². The smallest absolute Gasteiger partial charge is 0.127 e. The number of halogens is 2. The van der Waals surface area contributed by atoms with Crippen LogP contribution in [0.3, 0.4) is 0 Å². The first-order chi connectivity index (χ1) is 7.61. The highest BCUT2D eigenvalue weighted by Gasteiger charge is 2.18. The molecule has 0 saturated heterocycles. The summed E-state index contributed by atoms with van der Waals surface area (Å²) < 4.78 is 5.35. The third-order valence-electron chi connectivity index (χ3n) is 2.50. The monoisotopic (exact) mass is 255 g/mol. The van der Waals surface area contributed by atoms with Gasteiger partial charge in [-0.3, -0.25) is 0 Å². The number of aryl methyl sites for hydroxylation is 1. The molecule has 0 spiro atoms. The van der Waals surface area contributed by atoms with Crippen LogP contribution < -0.4 is 5.73 Å². The highest BCUT2D eigenvalue weighted by atomic mass is 35.5. The first-order valence-electron chi connectivity index (χ1n) is 4.84. The van der Waals surface area contributed by atoms with E-state index in [0.29, 0.717) is 15.8 Å². The molecule has 0 amide bonds. The Balaban J connectivity index is 2.46. The second-order valence-electron chi connectivity index (χ2n) is 3.59. The highest BCUT2D eigenvalue weighted by Crippen LogP contribution is 2.32. The van der Waals surface area contributed by atoms with Crippen molar-refractivity contribution in [1.29, 1.82) is 0 Å². The maximum Gasteiger partial charge on any atom is 0.127 e. The molecule has 2 N–H and O–H groups in total. The van der Waals surface area contributed by atoms with Crippen LogP contribution in [0.25, 0.3) is 0 Å². The van der Waals surface area contributed by atoms with Crippen LogP contribution in [0.4, 0.5) is 0 Å². The molecule has 1 unspecified atom stereocenters. The van der Waals surface area contributed by atoms with E-state index in [1.807, 2.05) is 25.1 Å². The molecule has 0 saturated carbocycles. The molecular formula is C12H11Cl2NO. The summed E-state index contributed by atoms with van der Waals surface area (Å²) >= 11 is 12.0. The third-order valence-corrected chi connectivity index (χ3v) is 3.33. The predicted octanol–water partition coefficient (Wildman–Crippen LogP) is 3.94. The molecule has 0 radical (unpaired) electrons. The quantitative estimate of drug-likeness (QED) is 0.883. The number of hydrogen-bond acceptors (Lipinski definition) is 2. The zero-order chi connectivity index (χ0) is 11.7. The average Bonchev–Trinajstić information content (AvgIpc) is 2.68. The van der Waals surface area contributed by atoms with Gasteiger partial charge in [0.05, 0.1) is 22.4 Å². The van der Waals surface area contributed by atoms with Gasteiger partial charge in [-0.2, -0.15) is 0 Å². The van der Waals surface area contributed by atoms with Gasteiger partial charge in [0.1, 0.15) is 5.76 Å². The fourth-order valence-electron chi connectivity index (χ4n) is 1.60. The van der Waals surface area contributed by atoms with Crippen molar-refractivity contribution >= 4 is 23.2 Å². The Morgan fingerprint density at radius 1 is 1.25 bits per heavy atom. The van der Waals surface area contributed by atoms with Crippen molar-refractivity contribution in [3.8, 4) is 0 Å². The van der Waals surface area contributed by atoms with Crippen LogP contribution in [-0.4, -0.2) is 0 Å². The molecule has 0 fully saturated rings. The number of hydrogen-bond donors (Lipinski definition) is 1. The van der Waals surface area contributed by atoms with Gasteiger partial charge < -0.3 is 10.2 Å². The minimum Gasteiger partial charge on any atom is -0.467 e. The summed E-state index contributed by atoms with van der Waals surface area (Å²) in [6.45, 7) is 1.94. The first kappa shape index (κ1) is 11.5. The second kappa shape index (κ2) is 4.50. The molecule has 1 aromatic heterocycles. The lowest BCUT2D eigenvalue weighted by molar-refractivity contribution is 0.487. The molecule has 2 rings (SSSR count).